The first kappa shape index (κ1) is 18.5. The van der Waals surface area contributed by atoms with Crippen LogP contribution in [0.3, 0.4) is 0 Å². The molecule has 1 aliphatic carbocycles. The van der Waals surface area contributed by atoms with Gasteiger partial charge in [0.25, 0.3) is 0 Å². The van der Waals surface area contributed by atoms with Gasteiger partial charge in [-0.05, 0) is 50.1 Å². The van der Waals surface area contributed by atoms with Crippen molar-refractivity contribution in [3.63, 3.8) is 0 Å². The van der Waals surface area contributed by atoms with Crippen molar-refractivity contribution in [1.29, 1.82) is 0 Å². The van der Waals surface area contributed by atoms with Crippen molar-refractivity contribution < 1.29 is 9.59 Å². The number of nitrogens with zero attached hydrogens (tertiary/aromatic N) is 2. The summed E-state index contributed by atoms with van der Waals surface area (Å²) in [4.78, 5) is 29.5. The van der Waals surface area contributed by atoms with Crippen LogP contribution in [-0.2, 0) is 9.59 Å². The summed E-state index contributed by atoms with van der Waals surface area (Å²) >= 11 is 0. The number of piperazine rings is 1. The largest absolute Gasteiger partial charge is 0.368 e. The van der Waals surface area contributed by atoms with Crippen LogP contribution in [0, 0.1) is 25.7 Å². The van der Waals surface area contributed by atoms with Crippen molar-refractivity contribution in [2.75, 3.05) is 36.4 Å². The zero-order valence-corrected chi connectivity index (χ0v) is 16.5. The van der Waals surface area contributed by atoms with Crippen molar-refractivity contribution in [1.82, 2.24) is 4.90 Å². The first-order valence-electron chi connectivity index (χ1n) is 9.99. The fourth-order valence-corrected chi connectivity index (χ4v) is 3.87. The fourth-order valence-electron chi connectivity index (χ4n) is 3.87. The second-order valence-electron chi connectivity index (χ2n) is 7.96. The predicted molar refractivity (Wildman–Crippen MR) is 111 cm³/mol. The zero-order valence-electron chi connectivity index (χ0n) is 16.5. The minimum Gasteiger partial charge on any atom is -0.368 e. The number of hydrogen-bond acceptors (Lipinski definition) is 3. The van der Waals surface area contributed by atoms with Crippen molar-refractivity contribution >= 4 is 23.2 Å². The third-order valence-corrected chi connectivity index (χ3v) is 5.72. The third-order valence-electron chi connectivity index (χ3n) is 5.72. The predicted octanol–water partition coefficient (Wildman–Crippen LogP) is 3.23. The molecule has 28 heavy (non-hydrogen) atoms. The molecule has 5 nitrogen and oxygen atoms in total. The Morgan fingerprint density at radius 2 is 1.61 bits per heavy atom. The lowest BCUT2D eigenvalue weighted by Crippen LogP contribution is -2.49. The van der Waals surface area contributed by atoms with Gasteiger partial charge >= 0.3 is 0 Å². The number of rotatable bonds is 4. The highest BCUT2D eigenvalue weighted by Gasteiger charge is 2.49. The van der Waals surface area contributed by atoms with Gasteiger partial charge in [0.15, 0.2) is 0 Å². The lowest BCUT2D eigenvalue weighted by atomic mass is 10.1. The van der Waals surface area contributed by atoms with Gasteiger partial charge in [0.2, 0.25) is 11.8 Å². The van der Waals surface area contributed by atoms with Crippen LogP contribution in [0.2, 0.25) is 0 Å². The summed E-state index contributed by atoms with van der Waals surface area (Å²) in [6.45, 7) is 7.22. The first-order chi connectivity index (χ1) is 13.5. The Balaban J connectivity index is 1.28. The van der Waals surface area contributed by atoms with E-state index in [0.717, 1.165) is 37.4 Å². The molecule has 2 atom stereocenters. The van der Waals surface area contributed by atoms with Gasteiger partial charge in [0, 0.05) is 37.6 Å². The van der Waals surface area contributed by atoms with Gasteiger partial charge in [0.1, 0.15) is 0 Å². The molecule has 0 bridgehead atoms. The molecule has 2 aromatic carbocycles. The maximum atomic E-state index is 12.8. The smallest absolute Gasteiger partial charge is 0.228 e. The van der Waals surface area contributed by atoms with Crippen molar-refractivity contribution in [2.24, 2.45) is 11.8 Å². The van der Waals surface area contributed by atoms with Crippen LogP contribution in [0.5, 0.6) is 0 Å². The normalized spacial score (nSPS) is 21.4. The number of anilines is 2. The van der Waals surface area contributed by atoms with Crippen LogP contribution in [0.25, 0.3) is 0 Å². The van der Waals surface area contributed by atoms with Gasteiger partial charge in [0.05, 0.1) is 11.8 Å². The number of nitrogens with one attached hydrogen (secondary N) is 1. The number of aryl methyl sites for hydroxylation is 2. The standard InChI is InChI=1S/C23H27N3O2/c1-16-6-8-18(9-7-16)24-22(27)20-15-21(20)23(28)26-12-10-25(11-13-26)19-5-3-4-17(2)14-19/h3-9,14,20-21H,10-13,15H2,1-2H3,(H,24,27). The molecule has 146 valence electrons. The molecule has 1 saturated heterocycles. The molecule has 2 unspecified atom stereocenters. The van der Waals surface area contributed by atoms with E-state index in [1.54, 1.807) is 0 Å². The number of hydrogen-bond donors (Lipinski definition) is 1. The van der Waals surface area contributed by atoms with E-state index in [2.05, 4.69) is 41.4 Å². The highest BCUT2D eigenvalue weighted by molar-refractivity contribution is 5.99. The Labute approximate surface area is 166 Å². The van der Waals surface area contributed by atoms with Crippen LogP contribution in [0.15, 0.2) is 48.5 Å². The topological polar surface area (TPSA) is 52.7 Å². The molecule has 2 amide bonds. The van der Waals surface area contributed by atoms with E-state index in [0.29, 0.717) is 6.42 Å². The Hall–Kier alpha value is -2.82. The fraction of sp³-hybridized carbons (Fsp3) is 0.391. The van der Waals surface area contributed by atoms with E-state index in [1.807, 2.05) is 36.1 Å². The van der Waals surface area contributed by atoms with E-state index in [4.69, 9.17) is 0 Å². The van der Waals surface area contributed by atoms with Gasteiger partial charge in [-0.25, -0.2) is 0 Å². The minimum absolute atomic E-state index is 0.0411. The summed E-state index contributed by atoms with van der Waals surface area (Å²) in [7, 11) is 0. The molecule has 4 rings (SSSR count). The van der Waals surface area contributed by atoms with Crippen LogP contribution in [0.4, 0.5) is 11.4 Å². The highest BCUT2D eigenvalue weighted by Crippen LogP contribution is 2.41. The van der Waals surface area contributed by atoms with Gasteiger partial charge in [-0.1, -0.05) is 29.8 Å². The minimum atomic E-state index is -0.191. The highest BCUT2D eigenvalue weighted by atomic mass is 16.2. The number of amides is 2. The molecule has 5 heteroatoms. The molecule has 1 aliphatic heterocycles. The zero-order chi connectivity index (χ0) is 19.7. The summed E-state index contributed by atoms with van der Waals surface area (Å²) in [5.74, 6) is -0.256. The molecule has 1 saturated carbocycles. The van der Waals surface area contributed by atoms with Crippen LogP contribution >= 0.6 is 0 Å². The number of carbonyl (C=O) groups excluding carboxylic acids is 2. The third kappa shape index (κ3) is 4.03. The number of carbonyl (C=O) groups is 2. The van der Waals surface area contributed by atoms with Gasteiger partial charge in [-0.15, -0.1) is 0 Å². The maximum Gasteiger partial charge on any atom is 0.228 e. The Kier molecular flexibility index (Phi) is 5.07. The van der Waals surface area contributed by atoms with Crippen molar-refractivity contribution in [3.8, 4) is 0 Å². The van der Waals surface area contributed by atoms with Gasteiger partial charge < -0.3 is 15.1 Å². The van der Waals surface area contributed by atoms with Gasteiger partial charge in [-0.3, -0.25) is 9.59 Å². The summed E-state index contributed by atoms with van der Waals surface area (Å²) in [5.41, 5.74) is 4.41. The Morgan fingerprint density at radius 1 is 0.893 bits per heavy atom. The average molecular weight is 377 g/mol. The summed E-state index contributed by atoms with van der Waals surface area (Å²) < 4.78 is 0. The second kappa shape index (κ2) is 7.66. The molecular formula is C23H27N3O2. The van der Waals surface area contributed by atoms with E-state index in [-0.39, 0.29) is 23.7 Å². The van der Waals surface area contributed by atoms with Crippen molar-refractivity contribution in [2.45, 2.75) is 20.3 Å². The van der Waals surface area contributed by atoms with E-state index < -0.39 is 0 Å². The quantitative estimate of drug-likeness (QED) is 0.890. The summed E-state index contributed by atoms with van der Waals surface area (Å²) in [5, 5.41) is 2.93. The molecular weight excluding hydrogens is 350 g/mol. The molecule has 0 radical (unpaired) electrons. The van der Waals surface area contributed by atoms with E-state index in [9.17, 15) is 9.59 Å². The summed E-state index contributed by atoms with van der Waals surface area (Å²) in [6.07, 6.45) is 0.661. The molecule has 1 heterocycles. The van der Waals surface area contributed by atoms with Crippen LogP contribution in [-0.4, -0.2) is 42.9 Å². The van der Waals surface area contributed by atoms with E-state index >= 15 is 0 Å². The maximum absolute atomic E-state index is 12.8. The lowest BCUT2D eigenvalue weighted by Gasteiger charge is -2.36. The number of benzene rings is 2. The molecule has 0 spiro atoms. The van der Waals surface area contributed by atoms with Crippen molar-refractivity contribution in [3.05, 3.63) is 59.7 Å². The molecule has 0 aromatic heterocycles. The van der Waals surface area contributed by atoms with Gasteiger partial charge in [-0.2, -0.15) is 0 Å². The molecule has 2 aliphatic rings. The first-order valence-corrected chi connectivity index (χ1v) is 9.99. The summed E-state index contributed by atoms with van der Waals surface area (Å²) in [6, 6.07) is 16.2. The lowest BCUT2D eigenvalue weighted by molar-refractivity contribution is -0.134. The SMILES string of the molecule is Cc1ccc(NC(=O)C2CC2C(=O)N2CCN(c3cccc(C)c3)CC2)cc1. The average Bonchev–Trinajstić information content (AvgIpc) is 3.50. The Morgan fingerprint density at radius 3 is 2.29 bits per heavy atom. The Bertz CT molecular complexity index is 870. The van der Waals surface area contributed by atoms with Crippen LogP contribution < -0.4 is 10.2 Å². The second-order valence-corrected chi connectivity index (χ2v) is 7.96. The van der Waals surface area contributed by atoms with E-state index in [1.165, 1.54) is 11.3 Å². The van der Waals surface area contributed by atoms with Crippen LogP contribution in [0.1, 0.15) is 17.5 Å². The molecule has 2 aromatic rings. The molecule has 1 N–H and O–H groups in total. The molecule has 2 fully saturated rings. The monoisotopic (exact) mass is 377 g/mol.